The van der Waals surface area contributed by atoms with E-state index in [2.05, 4.69) is 22.0 Å². The Hall–Kier alpha value is -3.16. The van der Waals surface area contributed by atoms with Crippen LogP contribution in [0.25, 0.3) is 10.9 Å². The van der Waals surface area contributed by atoms with Gasteiger partial charge in [0.25, 0.3) is 5.91 Å². The Morgan fingerprint density at radius 3 is 2.50 bits per heavy atom. The zero-order chi connectivity index (χ0) is 21.7. The normalized spacial score (nSPS) is 23.6. The van der Waals surface area contributed by atoms with Crippen LogP contribution in [0.2, 0.25) is 0 Å². The smallest absolute Gasteiger partial charge is 0.328 e. The molecule has 7 heteroatoms. The number of carbonyl (C=O) groups is 2. The van der Waals surface area contributed by atoms with Gasteiger partial charge in [-0.1, -0.05) is 48.5 Å². The van der Waals surface area contributed by atoms with Crippen LogP contribution in [-0.2, 0) is 16.0 Å². The fourth-order valence-electron chi connectivity index (χ4n) is 5.38. The summed E-state index contributed by atoms with van der Waals surface area (Å²) in [6, 6.07) is 17.2. The van der Waals surface area contributed by atoms with Gasteiger partial charge in [0.1, 0.15) is 12.1 Å². The van der Waals surface area contributed by atoms with Gasteiger partial charge in [0, 0.05) is 49.2 Å². The van der Waals surface area contributed by atoms with Crippen LogP contribution in [0.5, 0.6) is 0 Å². The van der Waals surface area contributed by atoms with Crippen molar-refractivity contribution < 1.29 is 14.3 Å². The Labute approximate surface area is 186 Å². The Morgan fingerprint density at radius 2 is 1.69 bits per heavy atom. The van der Waals surface area contributed by atoms with Crippen LogP contribution in [0.1, 0.15) is 22.9 Å². The summed E-state index contributed by atoms with van der Waals surface area (Å²) < 4.78 is 5.42. The highest BCUT2D eigenvalue weighted by atomic mass is 16.5. The zero-order valence-electron chi connectivity index (χ0n) is 17.9. The molecule has 6 rings (SSSR count). The molecule has 2 aromatic carbocycles. The number of aromatic nitrogens is 1. The van der Waals surface area contributed by atoms with Crippen molar-refractivity contribution in [3.05, 3.63) is 71.4 Å². The summed E-state index contributed by atoms with van der Waals surface area (Å²) >= 11 is 0. The van der Waals surface area contributed by atoms with Crippen molar-refractivity contribution in [3.63, 3.8) is 0 Å². The van der Waals surface area contributed by atoms with Gasteiger partial charge in [-0.3, -0.25) is 19.5 Å². The molecular formula is C25H26N4O3. The van der Waals surface area contributed by atoms with E-state index >= 15 is 0 Å². The summed E-state index contributed by atoms with van der Waals surface area (Å²) in [5.74, 6) is -0.0832. The molecule has 0 saturated carbocycles. The number of hydrogen-bond donors (Lipinski definition) is 1. The summed E-state index contributed by atoms with van der Waals surface area (Å²) in [7, 11) is 0. The third kappa shape index (κ3) is 3.04. The topological polar surface area (TPSA) is 68.9 Å². The van der Waals surface area contributed by atoms with Crippen LogP contribution >= 0.6 is 0 Å². The van der Waals surface area contributed by atoms with Crippen LogP contribution < -0.4 is 0 Å². The third-order valence-electron chi connectivity index (χ3n) is 6.99. The molecule has 7 nitrogen and oxygen atoms in total. The minimum Gasteiger partial charge on any atom is -0.379 e. The average Bonchev–Trinajstić information content (AvgIpc) is 3.32. The molecule has 2 fully saturated rings. The number of amides is 3. The number of hydrogen-bond acceptors (Lipinski definition) is 4. The number of para-hydroxylation sites is 1. The fraction of sp³-hybridized carbons (Fsp3) is 0.360. The molecule has 3 aliphatic rings. The predicted octanol–water partition coefficient (Wildman–Crippen LogP) is 2.78. The molecule has 0 unspecified atom stereocenters. The lowest BCUT2D eigenvalue weighted by molar-refractivity contribution is -0.128. The third-order valence-corrected chi connectivity index (χ3v) is 6.99. The first kappa shape index (κ1) is 19.5. The highest BCUT2D eigenvalue weighted by molar-refractivity contribution is 6.05. The first-order valence-electron chi connectivity index (χ1n) is 11.3. The molecule has 3 aliphatic heterocycles. The van der Waals surface area contributed by atoms with Gasteiger partial charge in [-0.15, -0.1) is 0 Å². The van der Waals surface area contributed by atoms with Gasteiger partial charge >= 0.3 is 6.03 Å². The summed E-state index contributed by atoms with van der Waals surface area (Å²) in [5, 5.41) is 1.13. The van der Waals surface area contributed by atoms with Crippen molar-refractivity contribution in [2.24, 2.45) is 0 Å². The minimum absolute atomic E-state index is 0.0832. The van der Waals surface area contributed by atoms with Crippen LogP contribution in [-0.4, -0.2) is 77.1 Å². The first-order chi connectivity index (χ1) is 15.7. The first-order valence-corrected chi connectivity index (χ1v) is 11.3. The van der Waals surface area contributed by atoms with E-state index in [4.69, 9.17) is 4.74 Å². The molecule has 1 aromatic heterocycles. The maximum absolute atomic E-state index is 13.6. The monoisotopic (exact) mass is 430 g/mol. The average molecular weight is 431 g/mol. The minimum atomic E-state index is -0.468. The second-order valence-electron chi connectivity index (χ2n) is 8.73. The maximum Gasteiger partial charge on any atom is 0.328 e. The lowest BCUT2D eigenvalue weighted by atomic mass is 9.89. The molecule has 0 spiro atoms. The number of nitrogens with one attached hydrogen (secondary N) is 1. The van der Waals surface area contributed by atoms with E-state index in [1.54, 1.807) is 4.90 Å². The SMILES string of the molecule is O=C1[C@H]2Cc3c([nH]c4ccccc34)[C@H](c3ccccc3)N2C(=O)N1CCN1CCOCC1. The van der Waals surface area contributed by atoms with E-state index in [0.717, 1.165) is 40.8 Å². The predicted molar refractivity (Wildman–Crippen MR) is 120 cm³/mol. The van der Waals surface area contributed by atoms with Gasteiger partial charge in [0.15, 0.2) is 0 Å². The molecule has 164 valence electrons. The van der Waals surface area contributed by atoms with Crippen LogP contribution in [0.15, 0.2) is 54.6 Å². The number of imide groups is 1. The van der Waals surface area contributed by atoms with Gasteiger partial charge in [-0.05, 0) is 17.2 Å². The Kier molecular flexibility index (Phi) is 4.73. The second kappa shape index (κ2) is 7.76. The van der Waals surface area contributed by atoms with Gasteiger partial charge in [-0.2, -0.15) is 0 Å². The number of benzene rings is 2. The summed E-state index contributed by atoms with van der Waals surface area (Å²) in [6.07, 6.45) is 0.543. The van der Waals surface area contributed by atoms with Crippen molar-refractivity contribution in [2.75, 3.05) is 39.4 Å². The second-order valence-corrected chi connectivity index (χ2v) is 8.73. The number of nitrogens with zero attached hydrogens (tertiary/aromatic N) is 3. The molecule has 2 atom stereocenters. The highest BCUT2D eigenvalue weighted by Crippen LogP contribution is 2.43. The number of carbonyl (C=O) groups excluding carboxylic acids is 2. The summed E-state index contributed by atoms with van der Waals surface area (Å²) in [4.78, 5) is 36.2. The van der Waals surface area contributed by atoms with Crippen LogP contribution in [0, 0.1) is 0 Å². The molecular weight excluding hydrogens is 404 g/mol. The van der Waals surface area contributed by atoms with Crippen molar-refractivity contribution in [1.29, 1.82) is 0 Å². The number of fused-ring (bicyclic) bond motifs is 4. The van der Waals surface area contributed by atoms with Crippen molar-refractivity contribution in [2.45, 2.75) is 18.5 Å². The molecule has 2 saturated heterocycles. The highest BCUT2D eigenvalue weighted by Gasteiger charge is 2.52. The Bertz CT molecular complexity index is 1170. The van der Waals surface area contributed by atoms with E-state index in [1.165, 1.54) is 4.90 Å². The van der Waals surface area contributed by atoms with Crippen molar-refractivity contribution in [1.82, 2.24) is 19.7 Å². The molecule has 3 aromatic rings. The van der Waals surface area contributed by atoms with Gasteiger partial charge in [0.05, 0.1) is 13.2 Å². The molecule has 4 heterocycles. The van der Waals surface area contributed by atoms with Gasteiger partial charge in [0.2, 0.25) is 0 Å². The lowest BCUT2D eigenvalue weighted by Crippen LogP contribution is -2.44. The quantitative estimate of drug-likeness (QED) is 0.647. The summed E-state index contributed by atoms with van der Waals surface area (Å²) in [6.45, 7) is 4.19. The van der Waals surface area contributed by atoms with E-state index in [9.17, 15) is 9.59 Å². The standard InChI is InChI=1S/C25H26N4O3/c30-24-21-16-19-18-8-4-5-9-20(18)26-22(19)23(17-6-2-1-3-7-17)29(21)25(31)28(24)11-10-27-12-14-32-15-13-27/h1-9,21,23,26H,10-16H2/t21-,23+/m1/s1. The van der Waals surface area contributed by atoms with E-state index < -0.39 is 6.04 Å². The number of aromatic amines is 1. The zero-order valence-corrected chi connectivity index (χ0v) is 17.9. The number of urea groups is 1. The Morgan fingerprint density at radius 1 is 0.938 bits per heavy atom. The Balaban J connectivity index is 1.38. The van der Waals surface area contributed by atoms with E-state index in [-0.39, 0.29) is 18.0 Å². The number of rotatable bonds is 4. The molecule has 1 N–H and O–H groups in total. The van der Waals surface area contributed by atoms with Crippen molar-refractivity contribution >= 4 is 22.8 Å². The van der Waals surface area contributed by atoms with Crippen LogP contribution in [0.3, 0.4) is 0 Å². The van der Waals surface area contributed by atoms with Crippen LogP contribution in [0.4, 0.5) is 4.79 Å². The molecule has 0 bridgehead atoms. The van der Waals surface area contributed by atoms with E-state index in [1.807, 2.05) is 42.5 Å². The molecule has 3 amide bonds. The van der Waals surface area contributed by atoms with E-state index in [0.29, 0.717) is 32.7 Å². The largest absolute Gasteiger partial charge is 0.379 e. The molecule has 0 aliphatic carbocycles. The fourth-order valence-corrected chi connectivity index (χ4v) is 5.38. The maximum atomic E-state index is 13.6. The van der Waals surface area contributed by atoms with Gasteiger partial charge < -0.3 is 9.72 Å². The van der Waals surface area contributed by atoms with Crippen molar-refractivity contribution in [3.8, 4) is 0 Å². The number of H-pyrrole nitrogens is 1. The number of morpholine rings is 1. The lowest BCUT2D eigenvalue weighted by Gasteiger charge is -2.36. The number of ether oxygens (including phenoxy) is 1. The molecule has 0 radical (unpaired) electrons. The summed E-state index contributed by atoms with van der Waals surface area (Å²) in [5.41, 5.74) is 4.22. The van der Waals surface area contributed by atoms with Gasteiger partial charge in [-0.25, -0.2) is 4.79 Å². The molecule has 32 heavy (non-hydrogen) atoms.